The van der Waals surface area contributed by atoms with Gasteiger partial charge < -0.3 is 0 Å². The van der Waals surface area contributed by atoms with Crippen LogP contribution in [0.25, 0.3) is 11.0 Å². The van der Waals surface area contributed by atoms with E-state index in [0.717, 1.165) is 28.6 Å². The molecule has 0 aliphatic heterocycles. The first kappa shape index (κ1) is 14.7. The van der Waals surface area contributed by atoms with Gasteiger partial charge in [0.1, 0.15) is 11.0 Å². The van der Waals surface area contributed by atoms with Gasteiger partial charge in [-0.3, -0.25) is 0 Å². The molecule has 2 aromatic carbocycles. The van der Waals surface area contributed by atoms with Gasteiger partial charge in [-0.05, 0) is 55.2 Å². The van der Waals surface area contributed by atoms with Crippen LogP contribution in [0.2, 0.25) is 0 Å². The summed E-state index contributed by atoms with van der Waals surface area (Å²) in [5, 5.41) is 0. The minimum Gasteiger partial charge on any atom is -0.173 e. The van der Waals surface area contributed by atoms with Gasteiger partial charge >= 0.3 is 0 Å². The van der Waals surface area contributed by atoms with Gasteiger partial charge in [0, 0.05) is 11.1 Å². The van der Waals surface area contributed by atoms with Crippen LogP contribution in [0.15, 0.2) is 36.4 Å². The van der Waals surface area contributed by atoms with Crippen molar-refractivity contribution in [2.75, 3.05) is 0 Å². The monoisotopic (exact) mass is 306 g/mol. The number of benzene rings is 2. The molecule has 0 unspecified atom stereocenters. The Morgan fingerprint density at radius 3 is 2.68 bits per heavy atom. The Labute approximate surface area is 135 Å². The highest BCUT2D eigenvalue weighted by molar-refractivity contribution is 7.00. The summed E-state index contributed by atoms with van der Waals surface area (Å²) in [5.41, 5.74) is 6.58. The number of nitrogens with zero attached hydrogens (tertiary/aromatic N) is 2. The highest BCUT2D eigenvalue weighted by Gasteiger charge is 2.00. The van der Waals surface area contributed by atoms with Gasteiger partial charge in [-0.25, -0.2) is 0 Å². The molecule has 1 heterocycles. The van der Waals surface area contributed by atoms with Crippen molar-refractivity contribution in [1.82, 2.24) is 8.75 Å². The first-order valence-corrected chi connectivity index (χ1v) is 8.33. The molecule has 0 bridgehead atoms. The average Bonchev–Trinajstić information content (AvgIpc) is 2.99. The molecule has 22 heavy (non-hydrogen) atoms. The van der Waals surface area contributed by atoms with Crippen LogP contribution in [0.5, 0.6) is 0 Å². The molecular weight excluding hydrogens is 288 g/mol. The molecule has 1 aromatic heterocycles. The predicted molar refractivity (Wildman–Crippen MR) is 93.2 cm³/mol. The van der Waals surface area contributed by atoms with Crippen LogP contribution in [0.3, 0.4) is 0 Å². The minimum atomic E-state index is 0.920. The Kier molecular flexibility index (Phi) is 4.50. The minimum absolute atomic E-state index is 0.920. The Balaban J connectivity index is 1.83. The maximum Gasteiger partial charge on any atom is 0.106 e. The fraction of sp³-hybridized carbons (Fsp3) is 0.263. The Bertz CT molecular complexity index is 852. The lowest BCUT2D eigenvalue weighted by Gasteiger charge is -2.03. The third kappa shape index (κ3) is 3.35. The number of aromatic nitrogens is 2. The van der Waals surface area contributed by atoms with E-state index in [0.29, 0.717) is 0 Å². The van der Waals surface area contributed by atoms with Gasteiger partial charge in [0.05, 0.1) is 11.7 Å². The van der Waals surface area contributed by atoms with E-state index in [4.69, 9.17) is 0 Å². The lowest BCUT2D eigenvalue weighted by molar-refractivity contribution is 0.794. The molecule has 0 saturated carbocycles. The van der Waals surface area contributed by atoms with Gasteiger partial charge in [0.25, 0.3) is 0 Å². The Hall–Kier alpha value is -2.18. The smallest absolute Gasteiger partial charge is 0.106 e. The molecule has 3 rings (SSSR count). The van der Waals surface area contributed by atoms with Crippen molar-refractivity contribution in [2.45, 2.75) is 33.1 Å². The van der Waals surface area contributed by atoms with Crippen molar-refractivity contribution in [3.63, 3.8) is 0 Å². The van der Waals surface area contributed by atoms with Crippen molar-refractivity contribution in [1.29, 1.82) is 0 Å². The zero-order valence-corrected chi connectivity index (χ0v) is 13.7. The van der Waals surface area contributed by atoms with E-state index in [1.54, 1.807) is 0 Å². The SMILES string of the molecule is CCCCc1ccc(C#Cc2ccc3nsnc3c2)c(C)c1. The topological polar surface area (TPSA) is 25.8 Å². The number of hydrogen-bond donors (Lipinski definition) is 0. The van der Waals surface area contributed by atoms with Crippen LogP contribution in [0.4, 0.5) is 0 Å². The third-order valence-corrected chi connectivity index (χ3v) is 4.26. The molecule has 0 spiro atoms. The first-order chi connectivity index (χ1) is 10.8. The molecule has 110 valence electrons. The quantitative estimate of drug-likeness (QED) is 0.653. The number of fused-ring (bicyclic) bond motifs is 1. The molecule has 0 aliphatic carbocycles. The van der Waals surface area contributed by atoms with Crippen LogP contribution in [-0.4, -0.2) is 8.75 Å². The summed E-state index contributed by atoms with van der Waals surface area (Å²) in [5.74, 6) is 6.51. The molecule has 0 atom stereocenters. The highest BCUT2D eigenvalue weighted by Crippen LogP contribution is 2.15. The van der Waals surface area contributed by atoms with Gasteiger partial charge in [0.15, 0.2) is 0 Å². The molecule has 0 saturated heterocycles. The zero-order chi connectivity index (χ0) is 15.4. The van der Waals surface area contributed by atoms with E-state index in [-0.39, 0.29) is 0 Å². The van der Waals surface area contributed by atoms with Crippen LogP contribution in [-0.2, 0) is 6.42 Å². The Morgan fingerprint density at radius 1 is 1.00 bits per heavy atom. The van der Waals surface area contributed by atoms with Gasteiger partial charge in [-0.2, -0.15) is 8.75 Å². The lowest BCUT2D eigenvalue weighted by Crippen LogP contribution is -1.89. The molecule has 0 aliphatic rings. The zero-order valence-electron chi connectivity index (χ0n) is 12.9. The first-order valence-electron chi connectivity index (χ1n) is 7.60. The number of aryl methyl sites for hydroxylation is 2. The molecule has 2 nitrogen and oxygen atoms in total. The number of hydrogen-bond acceptors (Lipinski definition) is 3. The summed E-state index contributed by atoms with van der Waals surface area (Å²) < 4.78 is 8.46. The molecule has 3 aromatic rings. The van der Waals surface area contributed by atoms with E-state index in [1.165, 1.54) is 35.7 Å². The molecule has 3 heteroatoms. The van der Waals surface area contributed by atoms with E-state index in [9.17, 15) is 0 Å². The summed E-state index contributed by atoms with van der Waals surface area (Å²) in [6.07, 6.45) is 3.62. The van der Waals surface area contributed by atoms with Crippen molar-refractivity contribution >= 4 is 22.8 Å². The molecule has 0 radical (unpaired) electrons. The van der Waals surface area contributed by atoms with Crippen molar-refractivity contribution in [2.24, 2.45) is 0 Å². The lowest BCUT2D eigenvalue weighted by atomic mass is 10.0. The van der Waals surface area contributed by atoms with Gasteiger partial charge in [-0.1, -0.05) is 37.3 Å². The van der Waals surface area contributed by atoms with E-state index in [1.807, 2.05) is 18.2 Å². The predicted octanol–water partition coefficient (Wildman–Crippen LogP) is 4.74. The molecular formula is C19H18N2S. The summed E-state index contributed by atoms with van der Waals surface area (Å²) in [6, 6.07) is 12.6. The molecule has 0 fully saturated rings. The van der Waals surface area contributed by atoms with E-state index < -0.39 is 0 Å². The van der Waals surface area contributed by atoms with Gasteiger partial charge in [0.2, 0.25) is 0 Å². The van der Waals surface area contributed by atoms with Crippen molar-refractivity contribution in [3.05, 3.63) is 58.7 Å². The second-order valence-corrected chi connectivity index (χ2v) is 6.00. The number of unbranched alkanes of at least 4 members (excludes halogenated alkanes) is 1. The molecule has 0 amide bonds. The molecule has 0 N–H and O–H groups in total. The second-order valence-electron chi connectivity index (χ2n) is 5.47. The average molecular weight is 306 g/mol. The van der Waals surface area contributed by atoms with Crippen LogP contribution in [0, 0.1) is 18.8 Å². The summed E-state index contributed by atoms with van der Waals surface area (Å²) in [4.78, 5) is 0. The third-order valence-electron chi connectivity index (χ3n) is 3.71. The van der Waals surface area contributed by atoms with E-state index in [2.05, 4.69) is 52.6 Å². The van der Waals surface area contributed by atoms with Crippen LogP contribution in [0.1, 0.15) is 42.0 Å². The maximum atomic E-state index is 4.25. The largest absolute Gasteiger partial charge is 0.173 e. The van der Waals surface area contributed by atoms with E-state index >= 15 is 0 Å². The fourth-order valence-electron chi connectivity index (χ4n) is 2.40. The summed E-state index contributed by atoms with van der Waals surface area (Å²) in [7, 11) is 0. The number of rotatable bonds is 3. The summed E-state index contributed by atoms with van der Waals surface area (Å²) in [6.45, 7) is 4.36. The van der Waals surface area contributed by atoms with Crippen LogP contribution >= 0.6 is 11.7 Å². The van der Waals surface area contributed by atoms with Gasteiger partial charge in [-0.15, -0.1) is 0 Å². The second kappa shape index (κ2) is 6.72. The normalized spacial score (nSPS) is 10.5. The fourth-order valence-corrected chi connectivity index (χ4v) is 2.92. The standard InChI is InChI=1S/C19H18N2S/c1-3-4-5-15-6-9-17(14(2)12-15)10-7-16-8-11-18-19(13-16)21-22-20-18/h6,8-9,11-13H,3-5H2,1-2H3. The highest BCUT2D eigenvalue weighted by atomic mass is 32.1. The Morgan fingerprint density at radius 2 is 1.86 bits per heavy atom. The van der Waals surface area contributed by atoms with Crippen LogP contribution < -0.4 is 0 Å². The maximum absolute atomic E-state index is 4.25. The summed E-state index contributed by atoms with van der Waals surface area (Å²) >= 11 is 1.24. The van der Waals surface area contributed by atoms with Crippen molar-refractivity contribution < 1.29 is 0 Å². The van der Waals surface area contributed by atoms with Crippen molar-refractivity contribution in [3.8, 4) is 11.8 Å².